The number of Topliss-reactive ketones (excluding diaryl/α,β-unsaturated/α-hetero) is 1. The third-order valence-electron chi connectivity index (χ3n) is 5.42. The highest BCUT2D eigenvalue weighted by atomic mass is 16.5. The van der Waals surface area contributed by atoms with Gasteiger partial charge in [0, 0.05) is 13.2 Å². The Kier molecular flexibility index (Phi) is 6.80. The molecule has 168 valence electrons. The molecule has 0 spiro atoms. The maximum absolute atomic E-state index is 13.9. The summed E-state index contributed by atoms with van der Waals surface area (Å²) in [4.78, 5) is 13.9. The van der Waals surface area contributed by atoms with Crippen molar-refractivity contribution in [1.82, 2.24) is 0 Å². The molecule has 0 saturated heterocycles. The monoisotopic (exact) mass is 432 g/mol. The third kappa shape index (κ3) is 3.95. The van der Waals surface area contributed by atoms with E-state index in [1.54, 1.807) is 27.4 Å². The minimum absolute atomic E-state index is 0.139. The summed E-state index contributed by atoms with van der Waals surface area (Å²) >= 11 is 0. The minimum atomic E-state index is -0.964. The van der Waals surface area contributed by atoms with Crippen LogP contribution >= 0.6 is 0 Å². The van der Waals surface area contributed by atoms with Crippen molar-refractivity contribution in [3.63, 3.8) is 0 Å². The second-order valence-corrected chi connectivity index (χ2v) is 7.22. The van der Waals surface area contributed by atoms with Crippen LogP contribution in [0.15, 0.2) is 24.3 Å². The highest BCUT2D eigenvalue weighted by Crippen LogP contribution is 2.50. The Labute approximate surface area is 181 Å². The van der Waals surface area contributed by atoms with Crippen molar-refractivity contribution in [1.29, 1.82) is 0 Å². The van der Waals surface area contributed by atoms with Crippen molar-refractivity contribution in [2.45, 2.75) is 6.42 Å². The largest absolute Gasteiger partial charge is 0.493 e. The lowest BCUT2D eigenvalue weighted by atomic mass is 9.74. The fraction of sp³-hybridized carbons (Fsp3) is 0.435. The molecule has 0 aromatic heterocycles. The van der Waals surface area contributed by atoms with Gasteiger partial charge in [-0.15, -0.1) is 0 Å². The lowest BCUT2D eigenvalue weighted by molar-refractivity contribution is 0.0248. The van der Waals surface area contributed by atoms with E-state index < -0.39 is 5.41 Å². The maximum Gasteiger partial charge on any atom is 0.204 e. The molecule has 1 aliphatic rings. The van der Waals surface area contributed by atoms with Gasteiger partial charge in [0.25, 0.3) is 0 Å². The molecule has 0 radical (unpaired) electrons. The molecule has 8 heteroatoms. The summed E-state index contributed by atoms with van der Waals surface area (Å²) < 4.78 is 38.6. The normalized spacial score (nSPS) is 17.4. The van der Waals surface area contributed by atoms with Crippen LogP contribution in [0.25, 0.3) is 0 Å². The van der Waals surface area contributed by atoms with Crippen molar-refractivity contribution in [3.8, 4) is 34.5 Å². The van der Waals surface area contributed by atoms with Gasteiger partial charge >= 0.3 is 0 Å². The van der Waals surface area contributed by atoms with E-state index in [-0.39, 0.29) is 24.7 Å². The molecule has 31 heavy (non-hydrogen) atoms. The van der Waals surface area contributed by atoms with Crippen LogP contribution < -0.4 is 28.4 Å². The van der Waals surface area contributed by atoms with Gasteiger partial charge in [-0.25, -0.2) is 0 Å². The third-order valence-corrected chi connectivity index (χ3v) is 5.42. The molecule has 0 aliphatic carbocycles. The Balaban J connectivity index is 2.09. The van der Waals surface area contributed by atoms with Gasteiger partial charge in [-0.2, -0.15) is 0 Å². The molecule has 0 N–H and O–H groups in total. The number of hydrogen-bond acceptors (Lipinski definition) is 8. The molecular weight excluding hydrogens is 404 g/mol. The first-order valence-corrected chi connectivity index (χ1v) is 9.69. The molecule has 0 fully saturated rings. The highest BCUT2D eigenvalue weighted by molar-refractivity contribution is 6.07. The summed E-state index contributed by atoms with van der Waals surface area (Å²) in [6.45, 7) is 0.302. The van der Waals surface area contributed by atoms with Gasteiger partial charge in [0.1, 0.15) is 17.9 Å². The van der Waals surface area contributed by atoms with Gasteiger partial charge in [-0.05, 0) is 24.1 Å². The predicted octanol–water partition coefficient (Wildman–Crippen LogP) is 3.18. The number of fused-ring (bicyclic) bond motifs is 1. The summed E-state index contributed by atoms with van der Waals surface area (Å²) in [6.07, 6.45) is 0.372. The number of methoxy groups -OCH3 is 6. The van der Waals surface area contributed by atoms with E-state index in [9.17, 15) is 4.79 Å². The predicted molar refractivity (Wildman–Crippen MR) is 113 cm³/mol. The Morgan fingerprint density at radius 2 is 1.52 bits per heavy atom. The van der Waals surface area contributed by atoms with E-state index in [1.165, 1.54) is 21.3 Å². The Morgan fingerprint density at radius 3 is 2.10 bits per heavy atom. The van der Waals surface area contributed by atoms with Crippen LogP contribution in [0.2, 0.25) is 0 Å². The van der Waals surface area contributed by atoms with Crippen LogP contribution in [-0.2, 0) is 11.2 Å². The number of benzene rings is 2. The van der Waals surface area contributed by atoms with Crippen molar-refractivity contribution >= 4 is 5.78 Å². The van der Waals surface area contributed by atoms with E-state index in [0.717, 1.165) is 5.56 Å². The molecule has 1 heterocycles. The zero-order valence-corrected chi connectivity index (χ0v) is 18.7. The summed E-state index contributed by atoms with van der Waals surface area (Å²) in [6, 6.07) is 7.20. The number of ketones is 1. The van der Waals surface area contributed by atoms with Crippen LogP contribution in [0.1, 0.15) is 15.9 Å². The van der Waals surface area contributed by atoms with E-state index in [1.807, 2.05) is 18.2 Å². The van der Waals surface area contributed by atoms with E-state index in [0.29, 0.717) is 40.7 Å². The molecule has 0 bridgehead atoms. The molecule has 1 aliphatic heterocycles. The van der Waals surface area contributed by atoms with Gasteiger partial charge in [0.15, 0.2) is 28.8 Å². The minimum Gasteiger partial charge on any atom is -0.493 e. The van der Waals surface area contributed by atoms with Crippen molar-refractivity contribution in [3.05, 3.63) is 35.4 Å². The SMILES string of the molecule is COCC1(Cc2ccc(OC)c(OC)c2)COc2cc(OC)c(OC)c(OC)c2C1=O. The number of carbonyl (C=O) groups is 1. The second kappa shape index (κ2) is 9.34. The molecule has 2 aromatic rings. The Bertz CT molecular complexity index is 955. The van der Waals surface area contributed by atoms with E-state index in [2.05, 4.69) is 0 Å². The summed E-state index contributed by atoms with van der Waals surface area (Å²) in [7, 11) is 9.19. The highest BCUT2D eigenvalue weighted by Gasteiger charge is 2.47. The maximum atomic E-state index is 13.9. The summed E-state index contributed by atoms with van der Waals surface area (Å²) in [5, 5.41) is 0. The molecule has 1 atom stereocenters. The van der Waals surface area contributed by atoms with Crippen LogP contribution in [0, 0.1) is 5.41 Å². The van der Waals surface area contributed by atoms with Gasteiger partial charge in [0.2, 0.25) is 5.75 Å². The van der Waals surface area contributed by atoms with Crippen molar-refractivity contribution < 1.29 is 38.0 Å². The molecular formula is C23H28O8. The van der Waals surface area contributed by atoms with Crippen LogP contribution in [0.5, 0.6) is 34.5 Å². The van der Waals surface area contributed by atoms with Crippen LogP contribution in [0.4, 0.5) is 0 Å². The fourth-order valence-corrected chi connectivity index (χ4v) is 3.96. The van der Waals surface area contributed by atoms with Gasteiger partial charge < -0.3 is 33.2 Å². The van der Waals surface area contributed by atoms with Crippen LogP contribution in [0.3, 0.4) is 0 Å². The second-order valence-electron chi connectivity index (χ2n) is 7.22. The molecule has 0 saturated carbocycles. The molecule has 1 unspecified atom stereocenters. The topological polar surface area (TPSA) is 81.7 Å². The summed E-state index contributed by atoms with van der Waals surface area (Å²) in [5.41, 5.74) is 0.229. The number of rotatable bonds is 9. The average Bonchev–Trinajstić information content (AvgIpc) is 2.80. The first-order chi connectivity index (χ1) is 15.0. The van der Waals surface area contributed by atoms with E-state index in [4.69, 9.17) is 33.2 Å². The average molecular weight is 432 g/mol. The lowest BCUT2D eigenvalue weighted by Crippen LogP contribution is -2.46. The van der Waals surface area contributed by atoms with Crippen molar-refractivity contribution in [2.24, 2.45) is 5.41 Å². The quantitative estimate of drug-likeness (QED) is 0.598. The van der Waals surface area contributed by atoms with Gasteiger partial charge in [-0.1, -0.05) is 6.07 Å². The first kappa shape index (κ1) is 22.6. The van der Waals surface area contributed by atoms with Crippen molar-refractivity contribution in [2.75, 3.05) is 55.9 Å². The Hall–Kier alpha value is -3.13. The number of carbonyl (C=O) groups excluding carboxylic acids is 1. The number of ether oxygens (including phenoxy) is 7. The number of hydrogen-bond donors (Lipinski definition) is 0. The van der Waals surface area contributed by atoms with Gasteiger partial charge in [-0.3, -0.25) is 4.79 Å². The smallest absolute Gasteiger partial charge is 0.204 e. The first-order valence-electron chi connectivity index (χ1n) is 9.69. The molecule has 2 aromatic carbocycles. The zero-order valence-electron chi connectivity index (χ0n) is 18.7. The molecule has 0 amide bonds. The van der Waals surface area contributed by atoms with E-state index >= 15 is 0 Å². The fourth-order valence-electron chi connectivity index (χ4n) is 3.96. The standard InChI is InChI=1S/C23H28O8/c1-25-12-23(11-14-7-8-15(26-2)16(9-14)27-3)13-31-17-10-18(28-4)20(29-5)21(30-6)19(17)22(23)24/h7-10H,11-13H2,1-6H3. The molecule has 3 rings (SSSR count). The van der Waals surface area contributed by atoms with Gasteiger partial charge in [0.05, 0.1) is 47.6 Å². The summed E-state index contributed by atoms with van der Waals surface area (Å²) in [5.74, 6) is 2.46. The Morgan fingerprint density at radius 1 is 0.839 bits per heavy atom. The zero-order chi connectivity index (χ0) is 22.6. The molecule has 8 nitrogen and oxygen atoms in total. The van der Waals surface area contributed by atoms with Crippen LogP contribution in [-0.4, -0.2) is 61.7 Å². The lowest BCUT2D eigenvalue weighted by Gasteiger charge is -2.37.